The minimum Gasteiger partial charge on any atom is -0.467 e. The van der Waals surface area contributed by atoms with Crippen molar-refractivity contribution in [1.82, 2.24) is 4.90 Å². The molecule has 22 heavy (non-hydrogen) atoms. The minimum atomic E-state index is -0.530. The summed E-state index contributed by atoms with van der Waals surface area (Å²) in [4.78, 5) is 2.18. The highest BCUT2D eigenvalue weighted by Crippen LogP contribution is 2.11. The monoisotopic (exact) mass is 307 g/mol. The Bertz CT molecular complexity index is 521. The molecule has 0 spiro atoms. The molecule has 0 saturated heterocycles. The van der Waals surface area contributed by atoms with Crippen molar-refractivity contribution in [2.75, 3.05) is 19.7 Å². The number of aryl methyl sites for hydroxylation is 1. The van der Waals surface area contributed by atoms with Crippen molar-refractivity contribution in [1.29, 1.82) is 0 Å². The van der Waals surface area contributed by atoms with E-state index in [0.717, 1.165) is 30.2 Å². The van der Waals surface area contributed by atoms with Crippen molar-refractivity contribution < 1.29 is 18.7 Å². The third kappa shape index (κ3) is 5.67. The number of rotatable bonds is 10. The van der Waals surface area contributed by atoms with Crippen LogP contribution in [0.3, 0.4) is 0 Å². The van der Waals surface area contributed by atoms with Crippen molar-refractivity contribution in [3.63, 3.8) is 0 Å². The lowest BCUT2D eigenvalue weighted by molar-refractivity contribution is 0.00300. The molecule has 5 heteroatoms. The quantitative estimate of drug-likeness (QED) is 0.731. The average molecular weight is 307 g/mol. The van der Waals surface area contributed by atoms with Gasteiger partial charge in [0.05, 0.1) is 25.5 Å². The summed E-state index contributed by atoms with van der Waals surface area (Å²) in [6.45, 7) is 6.91. The van der Waals surface area contributed by atoms with Crippen molar-refractivity contribution in [2.24, 2.45) is 0 Å². The SMILES string of the molecule is CCCN(Cc1ccc(C)o1)CC(O)COCc1ccco1. The van der Waals surface area contributed by atoms with Gasteiger partial charge in [0.15, 0.2) is 0 Å². The van der Waals surface area contributed by atoms with Gasteiger partial charge in [0.1, 0.15) is 23.9 Å². The molecule has 0 aliphatic rings. The fourth-order valence-electron chi connectivity index (χ4n) is 2.38. The Labute approximate surface area is 131 Å². The van der Waals surface area contributed by atoms with Crippen molar-refractivity contribution in [3.05, 3.63) is 47.8 Å². The van der Waals surface area contributed by atoms with E-state index in [-0.39, 0.29) is 6.61 Å². The molecule has 0 saturated carbocycles. The molecule has 0 aromatic carbocycles. The lowest BCUT2D eigenvalue weighted by Gasteiger charge is -2.23. The summed E-state index contributed by atoms with van der Waals surface area (Å²) < 4.78 is 16.3. The first-order chi connectivity index (χ1) is 10.7. The second-order valence-corrected chi connectivity index (χ2v) is 5.50. The normalized spacial score (nSPS) is 12.9. The van der Waals surface area contributed by atoms with Crippen LogP contribution in [0.25, 0.3) is 0 Å². The van der Waals surface area contributed by atoms with Crippen LogP contribution < -0.4 is 0 Å². The molecule has 2 aromatic heterocycles. The van der Waals surface area contributed by atoms with E-state index in [4.69, 9.17) is 13.6 Å². The summed E-state index contributed by atoms with van der Waals surface area (Å²) in [6, 6.07) is 7.62. The Balaban J connectivity index is 1.74. The number of furan rings is 2. The lowest BCUT2D eigenvalue weighted by atomic mass is 10.3. The first kappa shape index (κ1) is 16.8. The van der Waals surface area contributed by atoms with Crippen molar-refractivity contribution >= 4 is 0 Å². The third-order valence-corrected chi connectivity index (χ3v) is 3.32. The van der Waals surface area contributed by atoms with Gasteiger partial charge in [-0.1, -0.05) is 6.92 Å². The van der Waals surface area contributed by atoms with Crippen LogP contribution in [0, 0.1) is 6.92 Å². The van der Waals surface area contributed by atoms with E-state index in [1.165, 1.54) is 0 Å². The first-order valence-electron chi connectivity index (χ1n) is 7.73. The average Bonchev–Trinajstić information content (AvgIpc) is 3.11. The molecular formula is C17H25NO4. The number of ether oxygens (including phenoxy) is 1. The number of hydrogen-bond donors (Lipinski definition) is 1. The molecule has 2 heterocycles. The van der Waals surface area contributed by atoms with Gasteiger partial charge in [0.25, 0.3) is 0 Å². The molecular weight excluding hydrogens is 282 g/mol. The zero-order valence-corrected chi connectivity index (χ0v) is 13.3. The summed E-state index contributed by atoms with van der Waals surface area (Å²) in [5, 5.41) is 10.1. The van der Waals surface area contributed by atoms with Crippen LogP contribution in [-0.4, -0.2) is 35.8 Å². The molecule has 0 bridgehead atoms. The molecule has 0 amide bonds. The van der Waals surface area contributed by atoms with E-state index < -0.39 is 6.10 Å². The fourth-order valence-corrected chi connectivity index (χ4v) is 2.38. The van der Waals surface area contributed by atoms with Crippen LogP contribution in [-0.2, 0) is 17.9 Å². The van der Waals surface area contributed by atoms with E-state index in [1.807, 2.05) is 31.2 Å². The van der Waals surface area contributed by atoms with Gasteiger partial charge in [-0.05, 0) is 44.2 Å². The van der Waals surface area contributed by atoms with Crippen LogP contribution in [0.1, 0.15) is 30.6 Å². The van der Waals surface area contributed by atoms with Gasteiger partial charge in [-0.15, -0.1) is 0 Å². The van der Waals surface area contributed by atoms with Crippen LogP contribution in [0.2, 0.25) is 0 Å². The zero-order chi connectivity index (χ0) is 15.8. The predicted molar refractivity (Wildman–Crippen MR) is 83.4 cm³/mol. The molecule has 1 N–H and O–H groups in total. The summed E-state index contributed by atoms with van der Waals surface area (Å²) in [5.41, 5.74) is 0. The second-order valence-electron chi connectivity index (χ2n) is 5.50. The summed E-state index contributed by atoms with van der Waals surface area (Å²) in [5.74, 6) is 2.60. The van der Waals surface area contributed by atoms with Crippen molar-refractivity contribution in [2.45, 2.75) is 39.5 Å². The van der Waals surface area contributed by atoms with E-state index in [1.54, 1.807) is 6.26 Å². The van der Waals surface area contributed by atoms with E-state index >= 15 is 0 Å². The maximum Gasteiger partial charge on any atom is 0.129 e. The number of hydrogen-bond acceptors (Lipinski definition) is 5. The standard InChI is InChI=1S/C17H25NO4/c1-3-8-18(11-16-7-6-14(2)22-16)10-15(19)12-20-13-17-5-4-9-21-17/h4-7,9,15,19H,3,8,10-13H2,1-2H3. The molecule has 5 nitrogen and oxygen atoms in total. The van der Waals surface area contributed by atoms with Crippen molar-refractivity contribution in [3.8, 4) is 0 Å². The van der Waals surface area contributed by atoms with Crippen LogP contribution >= 0.6 is 0 Å². The van der Waals surface area contributed by atoms with E-state index in [9.17, 15) is 5.11 Å². The highest BCUT2D eigenvalue weighted by molar-refractivity contribution is 5.05. The molecule has 1 unspecified atom stereocenters. The van der Waals surface area contributed by atoms with Gasteiger partial charge in [0, 0.05) is 6.54 Å². The molecule has 122 valence electrons. The second kappa shape index (κ2) is 8.78. The molecule has 2 aromatic rings. The topological polar surface area (TPSA) is 59.0 Å². The molecule has 0 radical (unpaired) electrons. The summed E-state index contributed by atoms with van der Waals surface area (Å²) in [6.07, 6.45) is 2.11. The predicted octanol–water partition coefficient (Wildman–Crippen LogP) is 2.97. The Morgan fingerprint density at radius 3 is 2.77 bits per heavy atom. The van der Waals surface area contributed by atoms with Crippen LogP contribution in [0.15, 0.2) is 39.4 Å². The van der Waals surface area contributed by atoms with Crippen LogP contribution in [0.5, 0.6) is 0 Å². The van der Waals surface area contributed by atoms with Gasteiger partial charge in [0.2, 0.25) is 0 Å². The van der Waals surface area contributed by atoms with Gasteiger partial charge in [-0.2, -0.15) is 0 Å². The summed E-state index contributed by atoms with van der Waals surface area (Å²) in [7, 11) is 0. The number of aliphatic hydroxyl groups excluding tert-OH is 1. The molecule has 0 fully saturated rings. The highest BCUT2D eigenvalue weighted by atomic mass is 16.5. The first-order valence-corrected chi connectivity index (χ1v) is 7.73. The Kier molecular flexibility index (Phi) is 6.71. The molecule has 2 rings (SSSR count). The van der Waals surface area contributed by atoms with Gasteiger partial charge < -0.3 is 18.7 Å². The maximum absolute atomic E-state index is 10.1. The minimum absolute atomic E-state index is 0.290. The fraction of sp³-hybridized carbons (Fsp3) is 0.529. The van der Waals surface area contributed by atoms with Gasteiger partial charge >= 0.3 is 0 Å². The Hall–Kier alpha value is -1.56. The largest absolute Gasteiger partial charge is 0.467 e. The van der Waals surface area contributed by atoms with Gasteiger partial charge in [-0.25, -0.2) is 0 Å². The highest BCUT2D eigenvalue weighted by Gasteiger charge is 2.13. The van der Waals surface area contributed by atoms with E-state index in [0.29, 0.717) is 19.7 Å². The van der Waals surface area contributed by atoms with Crippen LogP contribution in [0.4, 0.5) is 0 Å². The van der Waals surface area contributed by atoms with E-state index in [2.05, 4.69) is 11.8 Å². The number of aliphatic hydroxyl groups is 1. The smallest absolute Gasteiger partial charge is 0.129 e. The Morgan fingerprint density at radius 2 is 2.14 bits per heavy atom. The number of nitrogens with zero attached hydrogens (tertiary/aromatic N) is 1. The summed E-state index contributed by atoms with van der Waals surface area (Å²) >= 11 is 0. The molecule has 0 aliphatic heterocycles. The van der Waals surface area contributed by atoms with Gasteiger partial charge in [-0.3, -0.25) is 4.90 Å². The maximum atomic E-state index is 10.1. The third-order valence-electron chi connectivity index (χ3n) is 3.32. The molecule has 0 aliphatic carbocycles. The Morgan fingerprint density at radius 1 is 1.27 bits per heavy atom. The lowest BCUT2D eigenvalue weighted by Crippen LogP contribution is -2.35. The molecule has 1 atom stereocenters. The zero-order valence-electron chi connectivity index (χ0n) is 13.3.